The van der Waals surface area contributed by atoms with Crippen LogP contribution in [0.1, 0.15) is 0 Å². The van der Waals surface area contributed by atoms with Crippen LogP contribution in [0.4, 0.5) is 17.1 Å². The average Bonchev–Trinajstić information content (AvgIpc) is 3.76. The van der Waals surface area contributed by atoms with Crippen molar-refractivity contribution in [1.29, 1.82) is 0 Å². The van der Waals surface area contributed by atoms with E-state index in [4.69, 9.17) is 9.40 Å². The number of fused-ring (bicyclic) bond motifs is 4. The molecule has 10 rings (SSSR count). The molecule has 0 fully saturated rings. The van der Waals surface area contributed by atoms with Gasteiger partial charge in [0.25, 0.3) is 0 Å². The van der Waals surface area contributed by atoms with E-state index in [1.54, 1.807) is 0 Å². The zero-order chi connectivity index (χ0) is 33.0. The SMILES string of the molecule is c1ccc(-c2ccc(N(c3cccc(-c4ccc5c6c(cccc46)-c4oc(-c6ccccc6)nc4-5)c3)c3ccc4ccccc4c3)cc2)cc1. The Hall–Kier alpha value is -6.71. The molecule has 3 heteroatoms. The zero-order valence-electron chi connectivity index (χ0n) is 27.1. The van der Waals surface area contributed by atoms with Crippen LogP contribution in [0.25, 0.3) is 77.8 Å². The van der Waals surface area contributed by atoms with E-state index in [-0.39, 0.29) is 0 Å². The highest BCUT2D eigenvalue weighted by Gasteiger charge is 2.29. The monoisotopic (exact) mass is 638 g/mol. The van der Waals surface area contributed by atoms with E-state index in [2.05, 4.69) is 157 Å². The quantitative estimate of drug-likeness (QED) is 0.181. The molecule has 0 saturated carbocycles. The van der Waals surface area contributed by atoms with Gasteiger partial charge in [-0.25, -0.2) is 4.98 Å². The van der Waals surface area contributed by atoms with Gasteiger partial charge in [0.2, 0.25) is 5.89 Å². The Bertz CT molecular complexity index is 2670. The van der Waals surface area contributed by atoms with Crippen molar-refractivity contribution in [2.24, 2.45) is 0 Å². The molecule has 234 valence electrons. The first-order valence-corrected chi connectivity index (χ1v) is 17.0. The molecule has 0 aliphatic heterocycles. The summed E-state index contributed by atoms with van der Waals surface area (Å²) in [6, 6.07) is 64.6. The van der Waals surface area contributed by atoms with Gasteiger partial charge in [-0.15, -0.1) is 0 Å². The molecule has 0 bridgehead atoms. The molecule has 3 nitrogen and oxygen atoms in total. The lowest BCUT2D eigenvalue weighted by Crippen LogP contribution is -2.10. The maximum absolute atomic E-state index is 6.43. The molecule has 0 radical (unpaired) electrons. The van der Waals surface area contributed by atoms with Crippen LogP contribution in [0, 0.1) is 0 Å². The van der Waals surface area contributed by atoms with Crippen LogP contribution >= 0.6 is 0 Å². The number of nitrogens with zero attached hydrogens (tertiary/aromatic N) is 2. The van der Waals surface area contributed by atoms with Gasteiger partial charge in [0.1, 0.15) is 5.69 Å². The molecule has 0 atom stereocenters. The van der Waals surface area contributed by atoms with Crippen molar-refractivity contribution in [3.05, 3.63) is 182 Å². The van der Waals surface area contributed by atoms with Crippen LogP contribution in [0.3, 0.4) is 0 Å². The van der Waals surface area contributed by atoms with Crippen molar-refractivity contribution in [2.45, 2.75) is 0 Å². The molecular formula is C47H30N2O. The molecule has 0 saturated heterocycles. The summed E-state index contributed by atoms with van der Waals surface area (Å²) < 4.78 is 6.43. The Morgan fingerprint density at radius 2 is 1.04 bits per heavy atom. The fourth-order valence-electron chi connectivity index (χ4n) is 7.44. The highest BCUT2D eigenvalue weighted by molar-refractivity contribution is 6.17. The summed E-state index contributed by atoms with van der Waals surface area (Å²) in [5, 5.41) is 4.82. The molecule has 0 unspecified atom stereocenters. The number of oxazole rings is 1. The predicted octanol–water partition coefficient (Wildman–Crippen LogP) is 13.1. The van der Waals surface area contributed by atoms with Gasteiger partial charge < -0.3 is 9.32 Å². The highest BCUT2D eigenvalue weighted by atomic mass is 16.4. The van der Waals surface area contributed by atoms with Gasteiger partial charge in [0, 0.05) is 39.1 Å². The Kier molecular flexibility index (Phi) is 6.49. The molecule has 1 aliphatic rings. The molecule has 8 aromatic carbocycles. The van der Waals surface area contributed by atoms with Crippen molar-refractivity contribution < 1.29 is 4.42 Å². The van der Waals surface area contributed by atoms with Crippen LogP contribution in [0.5, 0.6) is 0 Å². The number of benzene rings is 8. The molecule has 1 aliphatic carbocycles. The van der Waals surface area contributed by atoms with Crippen LogP contribution in [-0.2, 0) is 0 Å². The predicted molar refractivity (Wildman–Crippen MR) is 207 cm³/mol. The minimum atomic E-state index is 0.653. The smallest absolute Gasteiger partial charge is 0.227 e. The van der Waals surface area contributed by atoms with Crippen molar-refractivity contribution in [3.63, 3.8) is 0 Å². The van der Waals surface area contributed by atoms with Crippen LogP contribution in [-0.4, -0.2) is 4.98 Å². The molecule has 0 amide bonds. The molecule has 0 N–H and O–H groups in total. The van der Waals surface area contributed by atoms with E-state index < -0.39 is 0 Å². The zero-order valence-corrected chi connectivity index (χ0v) is 27.1. The Balaban J connectivity index is 1.09. The van der Waals surface area contributed by atoms with Gasteiger partial charge in [-0.05, 0) is 86.9 Å². The second-order valence-corrected chi connectivity index (χ2v) is 12.8. The minimum absolute atomic E-state index is 0.653. The van der Waals surface area contributed by atoms with Gasteiger partial charge in [0.05, 0.1) is 0 Å². The summed E-state index contributed by atoms with van der Waals surface area (Å²) in [6.07, 6.45) is 0. The maximum atomic E-state index is 6.43. The molecule has 0 spiro atoms. The lowest BCUT2D eigenvalue weighted by molar-refractivity contribution is 0.590. The number of aromatic nitrogens is 1. The number of rotatable bonds is 6. The largest absolute Gasteiger partial charge is 0.435 e. The molecule has 9 aromatic rings. The van der Waals surface area contributed by atoms with Gasteiger partial charge in [-0.2, -0.15) is 0 Å². The third-order valence-electron chi connectivity index (χ3n) is 9.83. The normalized spacial score (nSPS) is 11.6. The van der Waals surface area contributed by atoms with E-state index in [1.807, 2.05) is 30.3 Å². The van der Waals surface area contributed by atoms with Crippen molar-refractivity contribution in [2.75, 3.05) is 4.90 Å². The molecule has 50 heavy (non-hydrogen) atoms. The number of hydrogen-bond acceptors (Lipinski definition) is 3. The Labute approximate surface area is 290 Å². The summed E-state index contributed by atoms with van der Waals surface area (Å²) in [5.74, 6) is 1.50. The van der Waals surface area contributed by atoms with Gasteiger partial charge in [-0.3, -0.25) is 0 Å². The number of hydrogen-bond donors (Lipinski definition) is 0. The van der Waals surface area contributed by atoms with Crippen LogP contribution < -0.4 is 4.90 Å². The molecule has 1 aromatic heterocycles. The molecule has 1 heterocycles. The van der Waals surface area contributed by atoms with Crippen molar-refractivity contribution in [1.82, 2.24) is 4.98 Å². The van der Waals surface area contributed by atoms with Crippen molar-refractivity contribution >= 4 is 38.6 Å². The van der Waals surface area contributed by atoms with Gasteiger partial charge >= 0.3 is 0 Å². The highest BCUT2D eigenvalue weighted by Crippen LogP contribution is 2.50. The third kappa shape index (κ3) is 4.63. The number of anilines is 3. The Morgan fingerprint density at radius 3 is 1.86 bits per heavy atom. The summed E-state index contributed by atoms with van der Waals surface area (Å²) in [7, 11) is 0. The molecular weight excluding hydrogens is 609 g/mol. The maximum Gasteiger partial charge on any atom is 0.227 e. The first-order valence-electron chi connectivity index (χ1n) is 17.0. The standard InChI is InChI=1S/C47H30N2O/c1-3-11-31(12-4-1)33-21-24-37(25-22-33)49(39-26-23-32-13-7-8-16-35(32)29-39)38-18-9-17-36(30-38)40-27-28-42-44-41(40)19-10-20-43(44)46-45(42)48-47(50-46)34-14-5-2-6-15-34/h1-30H. The lowest BCUT2D eigenvalue weighted by Gasteiger charge is -2.27. The summed E-state index contributed by atoms with van der Waals surface area (Å²) in [4.78, 5) is 7.34. The first kappa shape index (κ1) is 28.3. The van der Waals surface area contributed by atoms with E-state index in [1.165, 1.54) is 38.2 Å². The summed E-state index contributed by atoms with van der Waals surface area (Å²) >= 11 is 0. The second kappa shape index (κ2) is 11.5. The summed E-state index contributed by atoms with van der Waals surface area (Å²) in [6.45, 7) is 0. The first-order chi connectivity index (χ1) is 24.8. The van der Waals surface area contributed by atoms with Crippen molar-refractivity contribution in [3.8, 4) is 56.3 Å². The second-order valence-electron chi connectivity index (χ2n) is 12.8. The summed E-state index contributed by atoms with van der Waals surface area (Å²) in [5.41, 5.74) is 12.1. The average molecular weight is 639 g/mol. The van der Waals surface area contributed by atoms with Crippen LogP contribution in [0.15, 0.2) is 186 Å². The van der Waals surface area contributed by atoms with E-state index in [0.717, 1.165) is 50.8 Å². The fourth-order valence-corrected chi connectivity index (χ4v) is 7.44. The van der Waals surface area contributed by atoms with E-state index in [9.17, 15) is 0 Å². The topological polar surface area (TPSA) is 29.3 Å². The van der Waals surface area contributed by atoms with Crippen LogP contribution in [0.2, 0.25) is 0 Å². The Morgan fingerprint density at radius 1 is 0.400 bits per heavy atom. The fraction of sp³-hybridized carbons (Fsp3) is 0. The van der Waals surface area contributed by atoms with E-state index >= 15 is 0 Å². The lowest BCUT2D eigenvalue weighted by atomic mass is 9.94. The third-order valence-corrected chi connectivity index (χ3v) is 9.83. The van der Waals surface area contributed by atoms with E-state index in [0.29, 0.717) is 5.89 Å². The van der Waals surface area contributed by atoms with Gasteiger partial charge in [-0.1, -0.05) is 133 Å². The minimum Gasteiger partial charge on any atom is -0.435 e. The van der Waals surface area contributed by atoms with Gasteiger partial charge in [0.15, 0.2) is 5.76 Å².